The van der Waals surface area contributed by atoms with Gasteiger partial charge in [0.15, 0.2) is 21.9 Å². The second-order valence-corrected chi connectivity index (χ2v) is 13.6. The van der Waals surface area contributed by atoms with Gasteiger partial charge in [0.2, 0.25) is 0 Å². The molecule has 42 heavy (non-hydrogen) atoms. The SMILES string of the molecule is Cn1cnc(S(=O)(=O)N2CCS[C@H]2C(=O)O[C@@H](Cc2c(Cl)cncc2Cl)c2ccc(OC(F)F)c(OCC3CC3)c2)c1. The van der Waals surface area contributed by atoms with Crippen LogP contribution in [-0.2, 0) is 33.0 Å². The summed E-state index contributed by atoms with van der Waals surface area (Å²) < 4.78 is 71.7. The Balaban J connectivity index is 1.46. The van der Waals surface area contributed by atoms with E-state index >= 15 is 0 Å². The van der Waals surface area contributed by atoms with E-state index in [1.807, 2.05) is 0 Å². The van der Waals surface area contributed by atoms with Crippen molar-refractivity contribution in [3.05, 3.63) is 64.3 Å². The molecule has 0 bridgehead atoms. The summed E-state index contributed by atoms with van der Waals surface area (Å²) in [5.41, 5.74) is 0.804. The Bertz CT molecular complexity index is 1540. The van der Waals surface area contributed by atoms with Crippen LogP contribution in [0.1, 0.15) is 30.1 Å². The molecular weight excluding hydrogens is 637 g/mol. The van der Waals surface area contributed by atoms with Crippen molar-refractivity contribution >= 4 is 51.0 Å². The molecule has 2 fully saturated rings. The average molecular weight is 664 g/mol. The van der Waals surface area contributed by atoms with Crippen molar-refractivity contribution in [2.45, 2.75) is 42.4 Å². The first-order chi connectivity index (χ1) is 20.0. The molecule has 1 aliphatic heterocycles. The minimum Gasteiger partial charge on any atom is -0.489 e. The quantitative estimate of drug-likeness (QED) is 0.244. The molecule has 1 aromatic carbocycles. The Morgan fingerprint density at radius 1 is 1.19 bits per heavy atom. The van der Waals surface area contributed by atoms with E-state index in [4.69, 9.17) is 32.7 Å². The number of pyridine rings is 1. The van der Waals surface area contributed by atoms with E-state index in [2.05, 4.69) is 14.7 Å². The van der Waals surface area contributed by atoms with Crippen molar-refractivity contribution in [3.63, 3.8) is 0 Å². The van der Waals surface area contributed by atoms with Crippen LogP contribution in [0, 0.1) is 5.92 Å². The van der Waals surface area contributed by atoms with Gasteiger partial charge in [0, 0.05) is 44.4 Å². The summed E-state index contributed by atoms with van der Waals surface area (Å²) in [5.74, 6) is -0.253. The highest BCUT2D eigenvalue weighted by molar-refractivity contribution is 8.02. The van der Waals surface area contributed by atoms with Gasteiger partial charge in [-0.1, -0.05) is 29.3 Å². The zero-order valence-electron chi connectivity index (χ0n) is 22.2. The van der Waals surface area contributed by atoms with Gasteiger partial charge in [-0.15, -0.1) is 11.8 Å². The number of halogens is 4. The molecule has 0 radical (unpaired) electrons. The number of hydrogen-bond donors (Lipinski definition) is 0. The minimum absolute atomic E-state index is 0.0204. The molecule has 0 spiro atoms. The molecule has 16 heteroatoms. The molecule has 1 aliphatic carbocycles. The molecule has 1 saturated heterocycles. The van der Waals surface area contributed by atoms with Crippen molar-refractivity contribution in [2.24, 2.45) is 13.0 Å². The number of esters is 1. The molecule has 2 atom stereocenters. The number of carbonyl (C=O) groups is 1. The third-order valence-electron chi connectivity index (χ3n) is 6.63. The van der Waals surface area contributed by atoms with Gasteiger partial charge in [0.05, 0.1) is 23.0 Å². The normalized spacial score (nSPS) is 18.3. The molecule has 0 N–H and O–H groups in total. The molecule has 5 rings (SSSR count). The van der Waals surface area contributed by atoms with Gasteiger partial charge in [-0.25, -0.2) is 18.2 Å². The van der Waals surface area contributed by atoms with E-state index in [1.165, 1.54) is 47.7 Å². The van der Waals surface area contributed by atoms with Crippen LogP contribution in [0.2, 0.25) is 10.0 Å². The summed E-state index contributed by atoms with van der Waals surface area (Å²) >= 11 is 13.8. The number of ether oxygens (including phenoxy) is 3. The maximum absolute atomic E-state index is 13.6. The highest BCUT2D eigenvalue weighted by Crippen LogP contribution is 2.39. The lowest BCUT2D eigenvalue weighted by atomic mass is 10.0. The fourth-order valence-electron chi connectivity index (χ4n) is 4.30. The van der Waals surface area contributed by atoms with Gasteiger partial charge >= 0.3 is 12.6 Å². The van der Waals surface area contributed by atoms with Crippen molar-refractivity contribution in [1.29, 1.82) is 0 Å². The first kappa shape index (κ1) is 30.8. The van der Waals surface area contributed by atoms with Gasteiger partial charge in [0.1, 0.15) is 6.10 Å². The van der Waals surface area contributed by atoms with E-state index in [9.17, 15) is 22.0 Å². The van der Waals surface area contributed by atoms with Gasteiger partial charge in [-0.05, 0) is 42.0 Å². The predicted octanol–water partition coefficient (Wildman–Crippen LogP) is 5.10. The topological polar surface area (TPSA) is 113 Å². The monoisotopic (exact) mass is 662 g/mol. The fraction of sp³-hybridized carbons (Fsp3) is 0.423. The number of sulfonamides is 1. The average Bonchev–Trinajstić information content (AvgIpc) is 3.42. The Kier molecular flexibility index (Phi) is 9.47. The Hall–Kier alpha value is -2.65. The predicted molar refractivity (Wildman–Crippen MR) is 151 cm³/mol. The third-order valence-corrected chi connectivity index (χ3v) is 10.3. The van der Waals surface area contributed by atoms with E-state index in [0.717, 1.165) is 28.9 Å². The molecule has 0 unspecified atom stereocenters. The van der Waals surface area contributed by atoms with Crippen LogP contribution in [0.15, 0.2) is 48.1 Å². The van der Waals surface area contributed by atoms with Crippen molar-refractivity contribution in [3.8, 4) is 11.5 Å². The first-order valence-electron chi connectivity index (χ1n) is 12.8. The lowest BCUT2D eigenvalue weighted by Crippen LogP contribution is -2.40. The fourth-order valence-corrected chi connectivity index (χ4v) is 7.83. The van der Waals surface area contributed by atoms with Gasteiger partial charge in [0.25, 0.3) is 10.0 Å². The zero-order valence-corrected chi connectivity index (χ0v) is 25.3. The number of aromatic nitrogens is 3. The molecule has 0 amide bonds. The highest BCUT2D eigenvalue weighted by Gasteiger charge is 2.43. The molecule has 1 saturated carbocycles. The summed E-state index contributed by atoms with van der Waals surface area (Å²) in [7, 11) is -2.46. The van der Waals surface area contributed by atoms with Crippen LogP contribution >= 0.6 is 35.0 Å². The number of hydrogen-bond acceptors (Lipinski definition) is 9. The Labute approximate surface area is 255 Å². The van der Waals surface area contributed by atoms with Gasteiger partial charge in [-0.2, -0.15) is 13.1 Å². The van der Waals surface area contributed by atoms with Crippen LogP contribution in [-0.4, -0.2) is 64.1 Å². The second-order valence-electron chi connectivity index (χ2n) is 9.77. The summed E-state index contributed by atoms with van der Waals surface area (Å²) in [5, 5.41) is -0.929. The molecule has 226 valence electrons. The third kappa shape index (κ3) is 7.10. The van der Waals surface area contributed by atoms with E-state index in [-0.39, 0.29) is 39.5 Å². The summed E-state index contributed by atoms with van der Waals surface area (Å²) in [4.78, 5) is 21.5. The van der Waals surface area contributed by atoms with Crippen LogP contribution < -0.4 is 9.47 Å². The van der Waals surface area contributed by atoms with E-state index in [1.54, 1.807) is 7.05 Å². The molecule has 2 aliphatic rings. The Morgan fingerprint density at radius 3 is 2.57 bits per heavy atom. The zero-order chi connectivity index (χ0) is 30.0. The number of benzene rings is 1. The number of nitrogens with zero attached hydrogens (tertiary/aromatic N) is 4. The molecule has 2 aromatic heterocycles. The number of carbonyl (C=O) groups excluding carboxylic acids is 1. The van der Waals surface area contributed by atoms with Crippen LogP contribution in [0.4, 0.5) is 8.78 Å². The van der Waals surface area contributed by atoms with E-state index in [0.29, 0.717) is 29.4 Å². The second kappa shape index (κ2) is 12.9. The van der Waals surface area contributed by atoms with Crippen molar-refractivity contribution in [1.82, 2.24) is 18.8 Å². The maximum Gasteiger partial charge on any atom is 0.387 e. The summed E-state index contributed by atoms with van der Waals surface area (Å²) in [6.07, 6.45) is 6.35. The highest BCUT2D eigenvalue weighted by atomic mass is 35.5. The number of alkyl halides is 2. The van der Waals surface area contributed by atoms with Crippen molar-refractivity contribution in [2.75, 3.05) is 18.9 Å². The first-order valence-corrected chi connectivity index (χ1v) is 16.1. The smallest absolute Gasteiger partial charge is 0.387 e. The summed E-state index contributed by atoms with van der Waals surface area (Å²) in [6, 6.07) is 4.24. The number of imidazole rings is 1. The largest absolute Gasteiger partial charge is 0.489 e. The van der Waals surface area contributed by atoms with Crippen LogP contribution in [0.3, 0.4) is 0 Å². The van der Waals surface area contributed by atoms with Crippen molar-refractivity contribution < 1.29 is 36.2 Å². The van der Waals surface area contributed by atoms with E-state index < -0.39 is 34.1 Å². The number of rotatable bonds is 12. The minimum atomic E-state index is -4.10. The lowest BCUT2D eigenvalue weighted by Gasteiger charge is -2.25. The standard InChI is InChI=1S/C26H26Cl2F2N4O6S2/c1-33-12-23(32-14-33)42(36,37)34-6-7-41-24(34)25(35)39-21(9-17-18(27)10-31-11-19(17)28)16-4-5-20(40-26(29)30)22(8-16)38-13-15-2-3-15/h4-5,8,10-12,14-15,21,24,26H,2-3,6-7,9,13H2,1H3/t21-,24-/m0/s1. The molecule has 10 nitrogen and oxygen atoms in total. The maximum atomic E-state index is 13.6. The number of aryl methyl sites for hydroxylation is 1. The number of thioether (sulfide) groups is 1. The Morgan fingerprint density at radius 2 is 1.93 bits per heavy atom. The summed E-state index contributed by atoms with van der Waals surface area (Å²) in [6.45, 7) is -2.68. The molecule has 3 heterocycles. The molecule has 3 aromatic rings. The van der Waals surface area contributed by atoms with Crippen LogP contribution in [0.25, 0.3) is 0 Å². The van der Waals surface area contributed by atoms with Crippen LogP contribution in [0.5, 0.6) is 11.5 Å². The van der Waals surface area contributed by atoms with Gasteiger partial charge < -0.3 is 18.8 Å². The molecular formula is C26H26Cl2F2N4O6S2. The lowest BCUT2D eigenvalue weighted by molar-refractivity contribution is -0.150. The van der Waals surface area contributed by atoms with Gasteiger partial charge in [-0.3, -0.25) is 4.98 Å².